The minimum Gasteiger partial charge on any atom is -0.489 e. The highest BCUT2D eigenvalue weighted by molar-refractivity contribution is 5.94. The van der Waals surface area contributed by atoms with Crippen LogP contribution in [0.1, 0.15) is 31.4 Å². The molecular weight excluding hydrogens is 318 g/mol. The summed E-state index contributed by atoms with van der Waals surface area (Å²) in [6.45, 7) is 5.40. The van der Waals surface area contributed by atoms with Crippen LogP contribution in [0.15, 0.2) is 48.5 Å². The van der Waals surface area contributed by atoms with Crippen LogP contribution >= 0.6 is 0 Å². The van der Waals surface area contributed by atoms with Crippen LogP contribution in [0.25, 0.3) is 0 Å². The van der Waals surface area contributed by atoms with Crippen molar-refractivity contribution >= 4 is 17.6 Å². The molecule has 0 aliphatic rings. The van der Waals surface area contributed by atoms with Gasteiger partial charge in [-0.15, -0.1) is 0 Å². The lowest BCUT2D eigenvalue weighted by atomic mass is 9.89. The number of carbonyl (C=O) groups is 2. The summed E-state index contributed by atoms with van der Waals surface area (Å²) >= 11 is 0. The Morgan fingerprint density at radius 1 is 1.12 bits per heavy atom. The fourth-order valence-electron chi connectivity index (χ4n) is 2.28. The molecule has 2 rings (SSSR count). The van der Waals surface area contributed by atoms with Gasteiger partial charge in [-0.25, -0.2) is 0 Å². The quantitative estimate of drug-likeness (QED) is 0.798. The minimum atomic E-state index is -1.10. The normalized spacial score (nSPS) is 11.0. The summed E-state index contributed by atoms with van der Waals surface area (Å²) in [7, 11) is 0. The van der Waals surface area contributed by atoms with Gasteiger partial charge < -0.3 is 15.2 Å². The first kappa shape index (κ1) is 18.5. The number of hydrogen-bond acceptors (Lipinski definition) is 3. The SMILES string of the molecule is Cc1cc(OCc2ccccc2)ccc1NC(=O)CC(C)(C)C(=O)O. The Hall–Kier alpha value is -2.82. The van der Waals surface area contributed by atoms with E-state index in [2.05, 4.69) is 5.32 Å². The smallest absolute Gasteiger partial charge is 0.309 e. The van der Waals surface area contributed by atoms with Crippen molar-refractivity contribution in [2.45, 2.75) is 33.8 Å². The number of nitrogens with one attached hydrogen (secondary N) is 1. The zero-order valence-electron chi connectivity index (χ0n) is 14.7. The molecule has 0 unspecified atom stereocenters. The Labute approximate surface area is 147 Å². The third-order valence-electron chi connectivity index (χ3n) is 3.90. The molecule has 2 aromatic rings. The van der Waals surface area contributed by atoms with Crippen LogP contribution in [0.3, 0.4) is 0 Å². The average Bonchev–Trinajstić information content (AvgIpc) is 2.55. The van der Waals surface area contributed by atoms with E-state index in [1.165, 1.54) is 13.8 Å². The number of hydrogen-bond donors (Lipinski definition) is 2. The van der Waals surface area contributed by atoms with Gasteiger partial charge in [0.05, 0.1) is 5.41 Å². The molecule has 5 nitrogen and oxygen atoms in total. The summed E-state index contributed by atoms with van der Waals surface area (Å²) < 4.78 is 5.75. The van der Waals surface area contributed by atoms with E-state index < -0.39 is 11.4 Å². The molecule has 0 aliphatic heterocycles. The van der Waals surface area contributed by atoms with Crippen LogP contribution in [0, 0.1) is 12.3 Å². The third kappa shape index (κ3) is 5.35. The number of carbonyl (C=O) groups excluding carboxylic acids is 1. The van der Waals surface area contributed by atoms with Gasteiger partial charge in [0.15, 0.2) is 0 Å². The van der Waals surface area contributed by atoms with Gasteiger partial charge in [-0.1, -0.05) is 30.3 Å². The molecule has 0 radical (unpaired) electrons. The van der Waals surface area contributed by atoms with Crippen molar-refractivity contribution in [3.63, 3.8) is 0 Å². The highest BCUT2D eigenvalue weighted by Gasteiger charge is 2.30. The number of rotatable bonds is 7. The van der Waals surface area contributed by atoms with E-state index in [9.17, 15) is 9.59 Å². The molecule has 1 amide bonds. The molecule has 0 fully saturated rings. The standard InChI is InChI=1S/C20H23NO4/c1-14-11-16(25-13-15-7-5-4-6-8-15)9-10-17(14)21-18(22)12-20(2,3)19(23)24/h4-11H,12-13H2,1-3H3,(H,21,22)(H,23,24). The van der Waals surface area contributed by atoms with Gasteiger partial charge in [0, 0.05) is 12.1 Å². The molecule has 2 N–H and O–H groups in total. The molecule has 25 heavy (non-hydrogen) atoms. The summed E-state index contributed by atoms with van der Waals surface area (Å²) in [5.41, 5.74) is 1.48. The van der Waals surface area contributed by atoms with E-state index in [4.69, 9.17) is 9.84 Å². The molecular formula is C20H23NO4. The Balaban J connectivity index is 1.97. The molecule has 0 bridgehead atoms. The van der Waals surface area contributed by atoms with Gasteiger partial charge in [0.1, 0.15) is 12.4 Å². The fourth-order valence-corrected chi connectivity index (χ4v) is 2.28. The lowest BCUT2D eigenvalue weighted by molar-refractivity contribution is -0.148. The number of aliphatic carboxylic acids is 1. The summed E-state index contributed by atoms with van der Waals surface area (Å²) in [5.74, 6) is -0.609. The van der Waals surface area contributed by atoms with Crippen LogP contribution in [0.2, 0.25) is 0 Å². The number of ether oxygens (including phenoxy) is 1. The number of aryl methyl sites for hydroxylation is 1. The zero-order valence-corrected chi connectivity index (χ0v) is 14.7. The van der Waals surface area contributed by atoms with E-state index in [1.54, 1.807) is 12.1 Å². The number of carboxylic acids is 1. The lowest BCUT2D eigenvalue weighted by Crippen LogP contribution is -2.29. The lowest BCUT2D eigenvalue weighted by Gasteiger charge is -2.19. The number of benzene rings is 2. The van der Waals surface area contributed by atoms with Crippen LogP contribution < -0.4 is 10.1 Å². The van der Waals surface area contributed by atoms with Gasteiger partial charge >= 0.3 is 5.97 Å². The molecule has 0 aromatic heterocycles. The van der Waals surface area contributed by atoms with E-state index in [0.717, 1.165) is 11.1 Å². The third-order valence-corrected chi connectivity index (χ3v) is 3.90. The van der Waals surface area contributed by atoms with Crippen molar-refractivity contribution in [2.24, 2.45) is 5.41 Å². The highest BCUT2D eigenvalue weighted by atomic mass is 16.5. The van der Waals surface area contributed by atoms with Crippen molar-refractivity contribution in [1.82, 2.24) is 0 Å². The maximum Gasteiger partial charge on any atom is 0.309 e. The topological polar surface area (TPSA) is 75.6 Å². The largest absolute Gasteiger partial charge is 0.489 e. The van der Waals surface area contributed by atoms with Crippen molar-refractivity contribution in [2.75, 3.05) is 5.32 Å². The van der Waals surface area contributed by atoms with Crippen molar-refractivity contribution in [3.8, 4) is 5.75 Å². The van der Waals surface area contributed by atoms with Crippen LogP contribution in [-0.4, -0.2) is 17.0 Å². The first-order chi connectivity index (χ1) is 11.8. The van der Waals surface area contributed by atoms with E-state index in [-0.39, 0.29) is 12.3 Å². The molecule has 0 atom stereocenters. The molecule has 5 heteroatoms. The maximum absolute atomic E-state index is 12.1. The summed E-state index contributed by atoms with van der Waals surface area (Å²) in [6, 6.07) is 15.3. The van der Waals surface area contributed by atoms with Gasteiger partial charge in [-0.2, -0.15) is 0 Å². The van der Waals surface area contributed by atoms with Crippen molar-refractivity contribution in [3.05, 3.63) is 59.7 Å². The highest BCUT2D eigenvalue weighted by Crippen LogP contribution is 2.25. The predicted octanol–water partition coefficient (Wildman–Crippen LogP) is 4.01. The second-order valence-corrected chi connectivity index (χ2v) is 6.66. The molecule has 0 spiro atoms. The van der Waals surface area contributed by atoms with E-state index in [0.29, 0.717) is 18.0 Å². The molecule has 132 valence electrons. The van der Waals surface area contributed by atoms with E-state index in [1.807, 2.05) is 43.3 Å². The fraction of sp³-hybridized carbons (Fsp3) is 0.300. The number of amides is 1. The van der Waals surface area contributed by atoms with Crippen LogP contribution in [-0.2, 0) is 16.2 Å². The Morgan fingerprint density at radius 2 is 1.80 bits per heavy atom. The Bertz CT molecular complexity index is 754. The van der Waals surface area contributed by atoms with Gasteiger partial charge in [0.25, 0.3) is 0 Å². The molecule has 0 heterocycles. The summed E-state index contributed by atoms with van der Waals surface area (Å²) in [4.78, 5) is 23.2. The molecule has 0 aliphatic carbocycles. The summed E-state index contributed by atoms with van der Waals surface area (Å²) in [6.07, 6.45) is -0.0893. The Morgan fingerprint density at radius 3 is 2.40 bits per heavy atom. The van der Waals surface area contributed by atoms with Crippen LogP contribution in [0.5, 0.6) is 5.75 Å². The molecule has 2 aromatic carbocycles. The minimum absolute atomic E-state index is 0.0893. The first-order valence-corrected chi connectivity index (χ1v) is 8.08. The van der Waals surface area contributed by atoms with Gasteiger partial charge in [-0.05, 0) is 50.1 Å². The second kappa shape index (κ2) is 7.83. The maximum atomic E-state index is 12.1. The number of carboxylic acid groups (broad SMARTS) is 1. The van der Waals surface area contributed by atoms with Crippen LogP contribution in [0.4, 0.5) is 5.69 Å². The van der Waals surface area contributed by atoms with Gasteiger partial charge in [-0.3, -0.25) is 9.59 Å². The average molecular weight is 341 g/mol. The molecule has 0 saturated heterocycles. The van der Waals surface area contributed by atoms with Crippen molar-refractivity contribution in [1.29, 1.82) is 0 Å². The van der Waals surface area contributed by atoms with E-state index >= 15 is 0 Å². The predicted molar refractivity (Wildman–Crippen MR) is 96.6 cm³/mol. The first-order valence-electron chi connectivity index (χ1n) is 8.08. The Kier molecular flexibility index (Phi) is 5.80. The van der Waals surface area contributed by atoms with Crippen molar-refractivity contribution < 1.29 is 19.4 Å². The monoisotopic (exact) mass is 341 g/mol. The zero-order chi connectivity index (χ0) is 18.4. The molecule has 0 saturated carbocycles. The van der Waals surface area contributed by atoms with Gasteiger partial charge in [0.2, 0.25) is 5.91 Å². The second-order valence-electron chi connectivity index (χ2n) is 6.66. The summed E-state index contributed by atoms with van der Waals surface area (Å²) in [5, 5.41) is 11.9. The number of anilines is 1.